The fourth-order valence-corrected chi connectivity index (χ4v) is 5.33. The third-order valence-corrected chi connectivity index (χ3v) is 7.07. The number of allylic oxidation sites excluding steroid dienone is 16. The highest BCUT2D eigenvalue weighted by molar-refractivity contribution is 6.01. The maximum absolute atomic E-state index is 10.3. The monoisotopic (exact) mass is 534 g/mol. The van der Waals surface area contributed by atoms with Gasteiger partial charge in [-0.2, -0.15) is 42.1 Å². The summed E-state index contributed by atoms with van der Waals surface area (Å²) in [5.41, 5.74) is 2.99. The molecule has 0 amide bonds. The molecule has 4 rings (SSSR count). The first-order chi connectivity index (χ1) is 20.3. The minimum Gasteiger partial charge on any atom is -0.193 e. The topological polar surface area (TPSA) is 190 Å². The van der Waals surface area contributed by atoms with E-state index in [0.717, 1.165) is 0 Å². The lowest BCUT2D eigenvalue weighted by molar-refractivity contribution is 0.648. The Kier molecular flexibility index (Phi) is 7.47. The molecule has 2 atom stereocenters. The fourth-order valence-electron chi connectivity index (χ4n) is 5.33. The van der Waals surface area contributed by atoms with Gasteiger partial charge in [0.2, 0.25) is 0 Å². The molecule has 8 heteroatoms. The molecule has 8 nitrogen and oxygen atoms in total. The van der Waals surface area contributed by atoms with Gasteiger partial charge in [0.15, 0.2) is 0 Å². The van der Waals surface area contributed by atoms with Crippen LogP contribution in [-0.4, -0.2) is 0 Å². The van der Waals surface area contributed by atoms with Crippen LogP contribution in [0.5, 0.6) is 0 Å². The molecule has 0 spiro atoms. The van der Waals surface area contributed by atoms with Crippen molar-refractivity contribution in [1.29, 1.82) is 42.1 Å². The summed E-state index contributed by atoms with van der Waals surface area (Å²) in [7, 11) is 0. The van der Waals surface area contributed by atoms with E-state index in [1.165, 1.54) is 12.2 Å². The Hall–Kier alpha value is -7.20. The molecule has 1 aromatic rings. The van der Waals surface area contributed by atoms with Crippen LogP contribution in [0.2, 0.25) is 0 Å². The molecular weight excluding hydrogens is 520 g/mol. The lowest BCUT2D eigenvalue weighted by Crippen LogP contribution is -2.15. The van der Waals surface area contributed by atoms with Gasteiger partial charge in [0, 0.05) is 39.7 Å². The Morgan fingerprint density at radius 3 is 1.81 bits per heavy atom. The highest BCUT2D eigenvalue weighted by Crippen LogP contribution is 2.56. The highest BCUT2D eigenvalue weighted by Gasteiger charge is 2.45. The van der Waals surface area contributed by atoms with Gasteiger partial charge in [0.1, 0.15) is 41.5 Å². The zero-order valence-electron chi connectivity index (χ0n) is 21.8. The molecule has 42 heavy (non-hydrogen) atoms. The molecule has 0 saturated heterocycles. The number of hydrogen-bond acceptors (Lipinski definition) is 8. The van der Waals surface area contributed by atoms with E-state index in [2.05, 4.69) is 25.3 Å². The van der Waals surface area contributed by atoms with Crippen LogP contribution in [0.1, 0.15) is 11.1 Å². The van der Waals surface area contributed by atoms with Crippen LogP contribution in [0.4, 0.5) is 0 Å². The van der Waals surface area contributed by atoms with Gasteiger partial charge in [-0.3, -0.25) is 0 Å². The summed E-state index contributed by atoms with van der Waals surface area (Å²) in [6.45, 7) is 7.61. The molecule has 0 fully saturated rings. The van der Waals surface area contributed by atoms with Crippen LogP contribution in [0.3, 0.4) is 0 Å². The Balaban J connectivity index is 2.07. The molecule has 0 aliphatic heterocycles. The van der Waals surface area contributed by atoms with Crippen LogP contribution < -0.4 is 0 Å². The predicted molar refractivity (Wildman–Crippen MR) is 149 cm³/mol. The number of nitrogens with zero attached hydrogens (tertiary/aromatic N) is 8. The van der Waals surface area contributed by atoms with Gasteiger partial charge in [0.05, 0.1) is 29.3 Å². The van der Waals surface area contributed by atoms with Crippen molar-refractivity contribution in [2.45, 2.75) is 0 Å². The molecular formula is C34H14N8. The van der Waals surface area contributed by atoms with Crippen LogP contribution in [0.25, 0.3) is 5.57 Å². The number of benzene rings is 1. The second-order valence-corrected chi connectivity index (χ2v) is 9.15. The quantitative estimate of drug-likeness (QED) is 0.349. The summed E-state index contributed by atoms with van der Waals surface area (Å²) in [6.07, 6.45) is 6.24. The molecule has 0 bridgehead atoms. The van der Waals surface area contributed by atoms with Gasteiger partial charge >= 0.3 is 0 Å². The Morgan fingerprint density at radius 2 is 1.29 bits per heavy atom. The van der Waals surface area contributed by atoms with Gasteiger partial charge in [0.25, 0.3) is 0 Å². The van der Waals surface area contributed by atoms with Crippen LogP contribution in [-0.2, 0) is 0 Å². The maximum atomic E-state index is 10.3. The highest BCUT2D eigenvalue weighted by atomic mass is 14.5. The smallest absolute Gasteiger partial charge is 0.138 e. The van der Waals surface area contributed by atoms with Crippen molar-refractivity contribution < 1.29 is 0 Å². The molecule has 3 aliphatic carbocycles. The molecule has 0 radical (unpaired) electrons. The molecule has 1 aromatic carbocycles. The molecule has 2 unspecified atom stereocenters. The van der Waals surface area contributed by atoms with Gasteiger partial charge < -0.3 is 0 Å². The fraction of sp³-hybridized carbons (Fsp3) is 0.0588. The number of hydrogen-bond donors (Lipinski definition) is 0. The van der Waals surface area contributed by atoms with Crippen molar-refractivity contribution in [3.05, 3.63) is 134 Å². The van der Waals surface area contributed by atoms with E-state index in [9.17, 15) is 36.8 Å². The summed E-state index contributed by atoms with van der Waals surface area (Å²) in [6, 6.07) is 22.2. The number of fused-ring (bicyclic) bond motifs is 2. The average Bonchev–Trinajstić information content (AvgIpc) is 3.51. The third-order valence-electron chi connectivity index (χ3n) is 7.07. The molecule has 0 saturated carbocycles. The van der Waals surface area contributed by atoms with Crippen molar-refractivity contribution in [3.63, 3.8) is 0 Å². The predicted octanol–water partition coefficient (Wildman–Crippen LogP) is 5.66. The molecule has 0 heterocycles. The third kappa shape index (κ3) is 4.30. The first-order valence-electron chi connectivity index (χ1n) is 12.1. The van der Waals surface area contributed by atoms with Gasteiger partial charge in [-0.1, -0.05) is 43.5 Å². The standard InChI is InChI=1S/C34H14N8/c1-19(11-35)3-4-20(2)31-29(17-41)25-9-28-26(10-27(25)33(31)23(13-37)14-38)30(18-42)32(34(28)24(15-39)16-40)22-7-5-21(12-36)6-8-22/h3-10,25,27H,1-2H2/b4-3-. The van der Waals surface area contributed by atoms with E-state index in [0.29, 0.717) is 27.8 Å². The van der Waals surface area contributed by atoms with Crippen molar-refractivity contribution in [1.82, 2.24) is 0 Å². The summed E-state index contributed by atoms with van der Waals surface area (Å²) in [5, 5.41) is 78.3. The largest absolute Gasteiger partial charge is 0.193 e. The lowest BCUT2D eigenvalue weighted by atomic mass is 9.77. The Bertz CT molecular complexity index is 2050. The van der Waals surface area contributed by atoms with Crippen molar-refractivity contribution in [2.75, 3.05) is 0 Å². The average molecular weight is 535 g/mol. The van der Waals surface area contributed by atoms with E-state index in [1.54, 1.807) is 36.4 Å². The normalized spacial score (nSPS) is 17.9. The second-order valence-electron chi connectivity index (χ2n) is 9.15. The number of rotatable bonds is 4. The van der Waals surface area contributed by atoms with Crippen LogP contribution in [0.15, 0.2) is 123 Å². The minimum absolute atomic E-state index is 0.130. The summed E-state index contributed by atoms with van der Waals surface area (Å²) >= 11 is 0. The van der Waals surface area contributed by atoms with Crippen molar-refractivity contribution in [2.24, 2.45) is 11.8 Å². The van der Waals surface area contributed by atoms with Gasteiger partial charge in [-0.25, -0.2) is 0 Å². The zero-order valence-corrected chi connectivity index (χ0v) is 21.8. The summed E-state index contributed by atoms with van der Waals surface area (Å²) in [5.74, 6) is -1.43. The summed E-state index contributed by atoms with van der Waals surface area (Å²) in [4.78, 5) is 0. The van der Waals surface area contributed by atoms with Crippen LogP contribution >= 0.6 is 0 Å². The van der Waals surface area contributed by atoms with Gasteiger partial charge in [-0.15, -0.1) is 0 Å². The van der Waals surface area contributed by atoms with Crippen molar-refractivity contribution >= 4 is 5.57 Å². The van der Waals surface area contributed by atoms with Gasteiger partial charge in [-0.05, 0) is 46.1 Å². The molecule has 3 aliphatic rings. The maximum Gasteiger partial charge on any atom is 0.138 e. The number of nitriles is 8. The molecule has 190 valence electrons. The van der Waals surface area contributed by atoms with Crippen LogP contribution in [0, 0.1) is 102 Å². The Labute approximate surface area is 242 Å². The zero-order chi connectivity index (χ0) is 30.6. The molecule has 0 N–H and O–H groups in total. The first-order valence-corrected chi connectivity index (χ1v) is 12.1. The second kappa shape index (κ2) is 11.3. The van der Waals surface area contributed by atoms with E-state index < -0.39 is 11.8 Å². The first kappa shape index (κ1) is 27.8. The minimum atomic E-state index is -0.718. The lowest BCUT2D eigenvalue weighted by Gasteiger charge is -2.23. The van der Waals surface area contributed by atoms with E-state index in [4.69, 9.17) is 5.26 Å². The van der Waals surface area contributed by atoms with E-state index in [1.807, 2.05) is 36.4 Å². The SMILES string of the molecule is C=C(C#N)/C=C\C(=C)C1=C(C#N)C2C=C3C(=CC2C1=C(C#N)C#N)C(C#N)=C(c1ccc(C#N)cc1)C3=C(C#N)C#N. The summed E-state index contributed by atoms with van der Waals surface area (Å²) < 4.78 is 0. The Morgan fingerprint density at radius 1 is 0.667 bits per heavy atom. The molecule has 0 aromatic heterocycles. The van der Waals surface area contributed by atoms with E-state index in [-0.39, 0.29) is 50.2 Å². The van der Waals surface area contributed by atoms with E-state index >= 15 is 0 Å². The van der Waals surface area contributed by atoms with Crippen molar-refractivity contribution in [3.8, 4) is 48.6 Å².